The number of nitrogens with zero attached hydrogens (tertiary/aromatic N) is 2. The number of benzene rings is 2. The van der Waals surface area contributed by atoms with Crippen LogP contribution in [-0.4, -0.2) is 41.4 Å². The molecule has 0 radical (unpaired) electrons. The molecule has 3 rings (SSSR count). The van der Waals surface area contributed by atoms with Crippen molar-refractivity contribution in [2.45, 2.75) is 70.6 Å². The molecule has 1 aliphatic heterocycles. The molecule has 4 nitrogen and oxygen atoms in total. The monoisotopic (exact) mass is 505 g/mol. The maximum atomic E-state index is 13.7. The van der Waals surface area contributed by atoms with Crippen LogP contribution in [0.1, 0.15) is 61.3 Å². The van der Waals surface area contributed by atoms with Gasteiger partial charge in [-0.2, -0.15) is 13.2 Å². The third-order valence-corrected chi connectivity index (χ3v) is 7.22. The summed E-state index contributed by atoms with van der Waals surface area (Å²) in [4.78, 5) is 16.6. The lowest BCUT2D eigenvalue weighted by Crippen LogP contribution is -2.41. The average molecular weight is 506 g/mol. The zero-order valence-electron chi connectivity index (χ0n) is 21.3. The van der Waals surface area contributed by atoms with Crippen LogP contribution in [0.25, 0.3) is 0 Å². The normalized spacial score (nSPS) is 19.8. The van der Waals surface area contributed by atoms with E-state index in [1.54, 1.807) is 26.2 Å². The second-order valence-electron chi connectivity index (χ2n) is 9.92. The Balaban J connectivity index is 1.62. The smallest absolute Gasteiger partial charge is 0.393 e. The number of aryl methyl sites for hydroxylation is 2. The van der Waals surface area contributed by atoms with Gasteiger partial charge >= 0.3 is 6.18 Å². The Morgan fingerprint density at radius 2 is 1.94 bits per heavy atom. The van der Waals surface area contributed by atoms with Crippen molar-refractivity contribution in [1.82, 2.24) is 9.80 Å². The summed E-state index contributed by atoms with van der Waals surface area (Å²) in [5.74, 6) is -0.331. The number of likely N-dealkylation sites (tertiary alicyclic amines) is 1. The Hall–Kier alpha value is -3.03. The van der Waals surface area contributed by atoms with Gasteiger partial charge < -0.3 is 15.5 Å². The number of rotatable bonds is 7. The minimum Gasteiger partial charge on any atom is -0.393 e. The molecular formula is C28H35F4N3O. The van der Waals surface area contributed by atoms with E-state index in [1.807, 2.05) is 19.1 Å². The van der Waals surface area contributed by atoms with E-state index in [4.69, 9.17) is 5.73 Å². The molecule has 1 amide bonds. The van der Waals surface area contributed by atoms with Crippen molar-refractivity contribution >= 4 is 5.91 Å². The predicted molar refractivity (Wildman–Crippen MR) is 134 cm³/mol. The lowest BCUT2D eigenvalue weighted by molar-refractivity contribution is -0.137. The zero-order chi connectivity index (χ0) is 26.6. The van der Waals surface area contributed by atoms with Crippen molar-refractivity contribution < 1.29 is 22.4 Å². The fourth-order valence-electron chi connectivity index (χ4n) is 4.62. The van der Waals surface area contributed by atoms with Gasteiger partial charge in [0.15, 0.2) is 0 Å². The molecule has 0 saturated carbocycles. The van der Waals surface area contributed by atoms with Crippen molar-refractivity contribution in [3.63, 3.8) is 0 Å². The molecule has 1 aliphatic rings. The second-order valence-corrected chi connectivity index (χ2v) is 9.92. The first-order valence-corrected chi connectivity index (χ1v) is 12.3. The summed E-state index contributed by atoms with van der Waals surface area (Å²) < 4.78 is 52.6. The largest absolute Gasteiger partial charge is 0.416 e. The molecule has 196 valence electrons. The van der Waals surface area contributed by atoms with Crippen molar-refractivity contribution in [2.24, 2.45) is 5.73 Å². The summed E-state index contributed by atoms with van der Waals surface area (Å²) in [6.07, 6.45) is 0.121. The van der Waals surface area contributed by atoms with E-state index >= 15 is 0 Å². The highest BCUT2D eigenvalue weighted by Crippen LogP contribution is 2.32. The van der Waals surface area contributed by atoms with E-state index in [-0.39, 0.29) is 35.4 Å². The number of carbonyl (C=O) groups is 1. The van der Waals surface area contributed by atoms with Crippen LogP contribution in [0.15, 0.2) is 54.4 Å². The van der Waals surface area contributed by atoms with E-state index in [9.17, 15) is 22.4 Å². The summed E-state index contributed by atoms with van der Waals surface area (Å²) in [5, 5.41) is 0. The van der Waals surface area contributed by atoms with Crippen LogP contribution in [0.5, 0.6) is 0 Å². The molecule has 1 heterocycles. The molecular weight excluding hydrogens is 470 g/mol. The lowest BCUT2D eigenvalue weighted by atomic mass is 9.87. The van der Waals surface area contributed by atoms with Crippen LogP contribution < -0.4 is 5.73 Å². The molecule has 0 bridgehead atoms. The number of nitrogens with two attached hydrogens (primary N) is 1. The van der Waals surface area contributed by atoms with Crippen molar-refractivity contribution in [2.75, 3.05) is 13.6 Å². The summed E-state index contributed by atoms with van der Waals surface area (Å²) in [6, 6.07) is 10.5. The molecule has 2 aromatic rings. The van der Waals surface area contributed by atoms with Crippen LogP contribution in [0, 0.1) is 12.7 Å². The number of hydrogen-bond acceptors (Lipinski definition) is 3. The van der Waals surface area contributed by atoms with Crippen LogP contribution in [0.2, 0.25) is 0 Å². The molecule has 2 N–H and O–H groups in total. The zero-order valence-corrected chi connectivity index (χ0v) is 21.3. The molecule has 1 saturated heterocycles. The molecule has 36 heavy (non-hydrogen) atoms. The van der Waals surface area contributed by atoms with Gasteiger partial charge in [0.05, 0.1) is 5.56 Å². The minimum absolute atomic E-state index is 0.117. The Kier molecular flexibility index (Phi) is 8.69. The van der Waals surface area contributed by atoms with Gasteiger partial charge in [-0.3, -0.25) is 4.79 Å². The van der Waals surface area contributed by atoms with E-state index in [2.05, 4.69) is 11.8 Å². The molecule has 3 unspecified atom stereocenters. The number of carbonyl (C=O) groups excluding carboxylic acids is 1. The highest BCUT2D eigenvalue weighted by Gasteiger charge is 2.30. The SMILES string of the molecule is Cc1cc(C2CCC(C)N(/C=C(\N)C(=O)N(C)C(C)CCc3cccc(C(F)(F)F)c3)C2)ccc1F. The van der Waals surface area contributed by atoms with Crippen molar-refractivity contribution in [3.8, 4) is 0 Å². The summed E-state index contributed by atoms with van der Waals surface area (Å²) >= 11 is 0. The summed E-state index contributed by atoms with van der Waals surface area (Å²) in [5.41, 5.74) is 7.91. The number of alkyl halides is 3. The first-order valence-electron chi connectivity index (χ1n) is 12.3. The van der Waals surface area contributed by atoms with Gasteiger partial charge in [-0.25, -0.2) is 4.39 Å². The van der Waals surface area contributed by atoms with Gasteiger partial charge in [-0.05, 0) is 75.3 Å². The van der Waals surface area contributed by atoms with Crippen molar-refractivity contribution in [1.29, 1.82) is 0 Å². The van der Waals surface area contributed by atoms with Gasteiger partial charge in [0.25, 0.3) is 5.91 Å². The van der Waals surface area contributed by atoms with E-state index in [0.717, 1.165) is 30.5 Å². The van der Waals surface area contributed by atoms with E-state index < -0.39 is 11.7 Å². The third-order valence-electron chi connectivity index (χ3n) is 7.22. The van der Waals surface area contributed by atoms with Gasteiger partial charge in [0.2, 0.25) is 0 Å². The number of hydrogen-bond donors (Lipinski definition) is 1. The standard InChI is InChI=1S/C28H35F4N3O/c1-18-14-22(12-13-25(18)29)23-11-9-20(3)35(16-23)17-26(33)27(36)34(4)19(2)8-10-21-6-5-7-24(15-21)28(30,31)32/h5-7,12-15,17,19-20,23H,8-11,16,33H2,1-4H3/b26-17-. The van der Waals surface area contributed by atoms with Crippen molar-refractivity contribution in [3.05, 3.63) is 82.4 Å². The predicted octanol–water partition coefficient (Wildman–Crippen LogP) is 6.00. The fraction of sp³-hybridized carbons (Fsp3) is 0.464. The Labute approximate surface area is 210 Å². The van der Waals surface area contributed by atoms with Gasteiger partial charge in [-0.1, -0.05) is 30.3 Å². The quantitative estimate of drug-likeness (QED) is 0.371. The summed E-state index contributed by atoms with van der Waals surface area (Å²) in [6.45, 7) is 6.37. The second kappa shape index (κ2) is 11.4. The number of amides is 1. The van der Waals surface area contributed by atoms with Crippen LogP contribution >= 0.6 is 0 Å². The lowest BCUT2D eigenvalue weighted by Gasteiger charge is -2.38. The van der Waals surface area contributed by atoms with E-state index in [1.165, 1.54) is 17.0 Å². The number of piperidine rings is 1. The van der Waals surface area contributed by atoms with Crippen LogP contribution in [-0.2, 0) is 17.4 Å². The third kappa shape index (κ3) is 6.80. The Morgan fingerprint density at radius 1 is 1.22 bits per heavy atom. The molecule has 1 fully saturated rings. The minimum atomic E-state index is -4.38. The Bertz CT molecular complexity index is 1100. The molecule has 2 aromatic carbocycles. The van der Waals surface area contributed by atoms with Crippen LogP contribution in [0.4, 0.5) is 17.6 Å². The van der Waals surface area contributed by atoms with Gasteiger partial charge in [0.1, 0.15) is 11.5 Å². The topological polar surface area (TPSA) is 49.6 Å². The highest BCUT2D eigenvalue weighted by atomic mass is 19.4. The number of likely N-dealkylation sites (N-methyl/N-ethyl adjacent to an activating group) is 1. The maximum absolute atomic E-state index is 13.7. The molecule has 0 aliphatic carbocycles. The van der Waals surface area contributed by atoms with Crippen LogP contribution in [0.3, 0.4) is 0 Å². The maximum Gasteiger partial charge on any atom is 0.416 e. The molecule has 3 atom stereocenters. The highest BCUT2D eigenvalue weighted by molar-refractivity contribution is 5.92. The molecule has 0 spiro atoms. The fourth-order valence-corrected chi connectivity index (χ4v) is 4.62. The van der Waals surface area contributed by atoms with Gasteiger partial charge in [0, 0.05) is 37.8 Å². The summed E-state index contributed by atoms with van der Waals surface area (Å²) in [7, 11) is 1.66. The average Bonchev–Trinajstić information content (AvgIpc) is 2.84. The first kappa shape index (κ1) is 27.6. The molecule has 8 heteroatoms. The Morgan fingerprint density at radius 3 is 2.61 bits per heavy atom. The van der Waals surface area contributed by atoms with E-state index in [0.29, 0.717) is 30.5 Å². The number of halogens is 4. The van der Waals surface area contributed by atoms with Gasteiger partial charge in [-0.15, -0.1) is 0 Å². The first-order chi connectivity index (χ1) is 16.9. The molecule has 0 aromatic heterocycles.